The third-order valence-corrected chi connectivity index (χ3v) is 2.65. The standard InChI is InChI=1S/C9H19N.2C2H6/c1-3-8-6-5-7-9(8)10-4-2;2*1-2/h8-10H,3-7H2,1-2H3;2*1-2H3. The van der Waals surface area contributed by atoms with Crippen LogP contribution in [0.15, 0.2) is 0 Å². The van der Waals surface area contributed by atoms with E-state index in [4.69, 9.17) is 0 Å². The van der Waals surface area contributed by atoms with E-state index in [0.717, 1.165) is 18.5 Å². The maximum absolute atomic E-state index is 3.55. The fourth-order valence-electron chi connectivity index (χ4n) is 2.06. The summed E-state index contributed by atoms with van der Waals surface area (Å²) in [4.78, 5) is 0. The molecule has 1 fully saturated rings. The van der Waals surface area contributed by atoms with Crippen molar-refractivity contribution in [1.29, 1.82) is 0 Å². The normalized spacial score (nSPS) is 24.4. The molecule has 1 rings (SSSR count). The molecule has 0 heterocycles. The van der Waals surface area contributed by atoms with Crippen LogP contribution in [0.1, 0.15) is 67.2 Å². The summed E-state index contributed by atoms with van der Waals surface area (Å²) in [6.45, 7) is 13.6. The minimum atomic E-state index is 0.843. The molecule has 2 unspecified atom stereocenters. The third-order valence-electron chi connectivity index (χ3n) is 2.65. The van der Waals surface area contributed by atoms with Crippen molar-refractivity contribution in [2.24, 2.45) is 5.92 Å². The molecule has 1 saturated carbocycles. The Morgan fingerprint density at radius 3 is 2.00 bits per heavy atom. The Bertz CT molecular complexity index is 91.2. The lowest BCUT2D eigenvalue weighted by molar-refractivity contribution is 0.398. The Kier molecular flexibility index (Phi) is 15.2. The van der Waals surface area contributed by atoms with E-state index in [1.807, 2.05) is 27.7 Å². The summed E-state index contributed by atoms with van der Waals surface area (Å²) in [5, 5.41) is 3.55. The zero-order chi connectivity index (χ0) is 11.4. The highest BCUT2D eigenvalue weighted by Gasteiger charge is 2.23. The molecule has 1 nitrogen and oxygen atoms in total. The van der Waals surface area contributed by atoms with Gasteiger partial charge in [0.15, 0.2) is 0 Å². The Morgan fingerprint density at radius 1 is 1.00 bits per heavy atom. The van der Waals surface area contributed by atoms with Gasteiger partial charge >= 0.3 is 0 Å². The number of rotatable bonds is 3. The van der Waals surface area contributed by atoms with Gasteiger partial charge in [0.2, 0.25) is 0 Å². The SMILES string of the molecule is CC.CC.CCNC1CCCC1CC. The molecule has 0 amide bonds. The summed E-state index contributed by atoms with van der Waals surface area (Å²) < 4.78 is 0. The molecule has 0 aromatic heterocycles. The minimum absolute atomic E-state index is 0.843. The minimum Gasteiger partial charge on any atom is -0.314 e. The maximum atomic E-state index is 3.55. The van der Waals surface area contributed by atoms with E-state index < -0.39 is 0 Å². The zero-order valence-corrected chi connectivity index (χ0v) is 11.2. The average Bonchev–Trinajstić information content (AvgIpc) is 2.72. The van der Waals surface area contributed by atoms with E-state index in [0.29, 0.717) is 0 Å². The van der Waals surface area contributed by atoms with Crippen LogP contribution < -0.4 is 5.32 Å². The van der Waals surface area contributed by atoms with Crippen LogP contribution in [0.2, 0.25) is 0 Å². The van der Waals surface area contributed by atoms with Gasteiger partial charge in [-0.25, -0.2) is 0 Å². The van der Waals surface area contributed by atoms with Crippen LogP contribution in [-0.4, -0.2) is 12.6 Å². The molecule has 0 spiro atoms. The van der Waals surface area contributed by atoms with Gasteiger partial charge in [-0.15, -0.1) is 0 Å². The summed E-state index contributed by atoms with van der Waals surface area (Å²) in [7, 11) is 0. The van der Waals surface area contributed by atoms with Gasteiger partial charge in [-0.2, -0.15) is 0 Å². The van der Waals surface area contributed by atoms with Gasteiger partial charge in [0, 0.05) is 6.04 Å². The predicted octanol–water partition coefficient (Wildman–Crippen LogP) is 4.23. The second-order valence-corrected chi connectivity index (χ2v) is 3.26. The molecular formula is C13H31N. The van der Waals surface area contributed by atoms with Crippen molar-refractivity contribution >= 4 is 0 Å². The summed E-state index contributed by atoms with van der Waals surface area (Å²) in [6.07, 6.45) is 5.66. The summed E-state index contributed by atoms with van der Waals surface area (Å²) >= 11 is 0. The van der Waals surface area contributed by atoms with Gasteiger partial charge in [0.25, 0.3) is 0 Å². The molecule has 0 radical (unpaired) electrons. The summed E-state index contributed by atoms with van der Waals surface area (Å²) in [6, 6.07) is 0.843. The van der Waals surface area contributed by atoms with E-state index in [1.54, 1.807) is 0 Å². The zero-order valence-electron chi connectivity index (χ0n) is 11.2. The summed E-state index contributed by atoms with van der Waals surface area (Å²) in [5.41, 5.74) is 0. The largest absolute Gasteiger partial charge is 0.314 e. The molecule has 14 heavy (non-hydrogen) atoms. The van der Waals surface area contributed by atoms with Gasteiger partial charge in [-0.05, 0) is 25.3 Å². The number of hydrogen-bond donors (Lipinski definition) is 1. The first kappa shape index (κ1) is 16.4. The van der Waals surface area contributed by atoms with Crippen molar-refractivity contribution in [2.75, 3.05) is 6.54 Å². The third kappa shape index (κ3) is 6.42. The monoisotopic (exact) mass is 201 g/mol. The van der Waals surface area contributed by atoms with Crippen molar-refractivity contribution in [2.45, 2.75) is 73.3 Å². The van der Waals surface area contributed by atoms with Gasteiger partial charge in [-0.3, -0.25) is 0 Å². The summed E-state index contributed by atoms with van der Waals surface area (Å²) in [5.74, 6) is 0.972. The molecule has 1 heteroatoms. The van der Waals surface area contributed by atoms with Crippen LogP contribution in [0.25, 0.3) is 0 Å². The highest BCUT2D eigenvalue weighted by molar-refractivity contribution is 4.81. The molecule has 0 bridgehead atoms. The van der Waals surface area contributed by atoms with E-state index in [9.17, 15) is 0 Å². The first-order valence-electron chi connectivity index (χ1n) is 6.61. The highest BCUT2D eigenvalue weighted by Crippen LogP contribution is 2.27. The number of nitrogens with one attached hydrogen (secondary N) is 1. The van der Waals surface area contributed by atoms with Crippen molar-refractivity contribution in [1.82, 2.24) is 5.32 Å². The van der Waals surface area contributed by atoms with Crippen molar-refractivity contribution in [3.05, 3.63) is 0 Å². The van der Waals surface area contributed by atoms with Gasteiger partial charge in [0.05, 0.1) is 0 Å². The second kappa shape index (κ2) is 13.0. The fourth-order valence-corrected chi connectivity index (χ4v) is 2.06. The lowest BCUT2D eigenvalue weighted by Gasteiger charge is -2.17. The van der Waals surface area contributed by atoms with E-state index >= 15 is 0 Å². The molecule has 1 N–H and O–H groups in total. The van der Waals surface area contributed by atoms with Crippen LogP contribution in [0.4, 0.5) is 0 Å². The van der Waals surface area contributed by atoms with Crippen molar-refractivity contribution in [3.8, 4) is 0 Å². The molecule has 0 aromatic carbocycles. The van der Waals surface area contributed by atoms with Crippen LogP contribution >= 0.6 is 0 Å². The van der Waals surface area contributed by atoms with Crippen LogP contribution in [-0.2, 0) is 0 Å². The Morgan fingerprint density at radius 2 is 1.57 bits per heavy atom. The quantitative estimate of drug-likeness (QED) is 0.720. The molecular weight excluding hydrogens is 170 g/mol. The van der Waals surface area contributed by atoms with Crippen LogP contribution in [0, 0.1) is 5.92 Å². The highest BCUT2D eigenvalue weighted by atomic mass is 14.9. The van der Waals surface area contributed by atoms with Crippen molar-refractivity contribution < 1.29 is 0 Å². The van der Waals surface area contributed by atoms with Gasteiger partial charge in [0.1, 0.15) is 0 Å². The molecule has 1 aliphatic carbocycles. The lowest BCUT2D eigenvalue weighted by Crippen LogP contribution is -2.31. The fraction of sp³-hybridized carbons (Fsp3) is 1.00. The Hall–Kier alpha value is -0.0400. The van der Waals surface area contributed by atoms with Crippen molar-refractivity contribution in [3.63, 3.8) is 0 Å². The molecule has 0 saturated heterocycles. The number of hydrogen-bond acceptors (Lipinski definition) is 1. The molecule has 0 aliphatic heterocycles. The van der Waals surface area contributed by atoms with Gasteiger partial charge < -0.3 is 5.32 Å². The second-order valence-electron chi connectivity index (χ2n) is 3.26. The van der Waals surface area contributed by atoms with Crippen LogP contribution in [0.3, 0.4) is 0 Å². The lowest BCUT2D eigenvalue weighted by atomic mass is 10.0. The molecule has 0 aromatic rings. The van der Waals surface area contributed by atoms with E-state index in [-0.39, 0.29) is 0 Å². The molecule has 2 atom stereocenters. The Labute approximate surface area is 91.7 Å². The van der Waals surface area contributed by atoms with Gasteiger partial charge in [-0.1, -0.05) is 54.4 Å². The van der Waals surface area contributed by atoms with E-state index in [1.165, 1.54) is 25.7 Å². The first-order chi connectivity index (χ1) is 6.88. The topological polar surface area (TPSA) is 12.0 Å². The molecule has 1 aliphatic rings. The molecule has 88 valence electrons. The first-order valence-corrected chi connectivity index (χ1v) is 6.61. The van der Waals surface area contributed by atoms with E-state index in [2.05, 4.69) is 19.2 Å². The predicted molar refractivity (Wildman–Crippen MR) is 67.8 cm³/mol. The average molecular weight is 201 g/mol. The van der Waals surface area contributed by atoms with Crippen LogP contribution in [0.5, 0.6) is 0 Å². The maximum Gasteiger partial charge on any atom is 0.00951 e. The smallest absolute Gasteiger partial charge is 0.00951 e. The Balaban J connectivity index is 0.